The van der Waals surface area contributed by atoms with Gasteiger partial charge in [0.25, 0.3) is 11.8 Å². The van der Waals surface area contributed by atoms with Crippen molar-refractivity contribution in [3.05, 3.63) is 102 Å². The maximum Gasteiger partial charge on any atom is 0.270 e. The highest BCUT2D eigenvalue weighted by Gasteiger charge is 2.28. The van der Waals surface area contributed by atoms with Crippen molar-refractivity contribution in [1.29, 1.82) is 0 Å². The minimum atomic E-state index is -0.818. The number of aryl methyl sites for hydroxylation is 1. The molecule has 13 heteroatoms. The van der Waals surface area contributed by atoms with Crippen LogP contribution in [0.2, 0.25) is 0 Å². The maximum atomic E-state index is 12.8. The van der Waals surface area contributed by atoms with E-state index in [0.717, 1.165) is 50.8 Å². The molecule has 5 heterocycles. The number of rotatable bonds is 7. The lowest BCUT2D eigenvalue weighted by Crippen LogP contribution is -2.52. The Labute approximate surface area is 310 Å². The van der Waals surface area contributed by atoms with E-state index in [4.69, 9.17) is 4.98 Å². The molecule has 1 unspecified atom stereocenters. The summed E-state index contributed by atoms with van der Waals surface area (Å²) in [6.07, 6.45) is 5.00. The van der Waals surface area contributed by atoms with Crippen LogP contribution in [0.3, 0.4) is 0 Å². The molecule has 270 valence electrons. The van der Waals surface area contributed by atoms with Crippen LogP contribution >= 0.6 is 0 Å². The zero-order valence-corrected chi connectivity index (χ0v) is 29.6. The molecule has 13 nitrogen and oxygen atoms in total. The third kappa shape index (κ3) is 7.78. The molecule has 5 aromatic rings. The second-order valence-electron chi connectivity index (χ2n) is 13.1. The highest BCUT2D eigenvalue weighted by atomic mass is 16.2. The maximum absolute atomic E-state index is 12.8. The molecule has 7 rings (SSSR count). The van der Waals surface area contributed by atoms with Gasteiger partial charge in [0.15, 0.2) is 0 Å². The van der Waals surface area contributed by atoms with E-state index in [-0.39, 0.29) is 48.6 Å². The lowest BCUT2D eigenvalue weighted by molar-refractivity contribution is -0.134. The van der Waals surface area contributed by atoms with E-state index in [1.807, 2.05) is 37.4 Å². The third-order valence-electron chi connectivity index (χ3n) is 9.19. The Morgan fingerprint density at radius 1 is 0.889 bits per heavy atom. The Balaban J connectivity index is 1.01. The van der Waals surface area contributed by atoms with Crippen LogP contribution in [-0.2, 0) is 20.8 Å². The van der Waals surface area contributed by atoms with Crippen LogP contribution in [0.25, 0.3) is 33.2 Å². The molecular formula is C41H36N8O5. The summed E-state index contributed by atoms with van der Waals surface area (Å²) in [6, 6.07) is 19.6. The van der Waals surface area contributed by atoms with Gasteiger partial charge in [-0.2, -0.15) is 0 Å². The zero-order chi connectivity index (χ0) is 37.8. The van der Waals surface area contributed by atoms with Crippen LogP contribution in [0.5, 0.6) is 0 Å². The lowest BCUT2D eigenvalue weighted by atomic mass is 9.94. The molecule has 5 N–H and O–H groups in total. The summed E-state index contributed by atoms with van der Waals surface area (Å²) in [5.41, 5.74) is 6.81. The number of hydrogen-bond donors (Lipinski definition) is 5. The number of aromatic nitrogens is 3. The molecule has 2 aromatic carbocycles. The highest BCUT2D eigenvalue weighted by molar-refractivity contribution is 6.06. The van der Waals surface area contributed by atoms with Crippen molar-refractivity contribution >= 4 is 51.7 Å². The van der Waals surface area contributed by atoms with Gasteiger partial charge < -0.3 is 21.3 Å². The van der Waals surface area contributed by atoms with Crippen molar-refractivity contribution in [2.75, 3.05) is 17.2 Å². The number of carbonyl (C=O) groups is 5. The molecule has 0 saturated carbocycles. The van der Waals surface area contributed by atoms with Gasteiger partial charge in [-0.05, 0) is 84.7 Å². The first kappa shape index (κ1) is 35.5. The van der Waals surface area contributed by atoms with Gasteiger partial charge in [-0.25, -0.2) is 4.98 Å². The Bertz CT molecular complexity index is 2400. The minimum Gasteiger partial charge on any atom is -0.380 e. The summed E-state index contributed by atoms with van der Waals surface area (Å²) in [6.45, 7) is 4.10. The first-order valence-electron chi connectivity index (χ1n) is 17.6. The zero-order valence-electron chi connectivity index (χ0n) is 29.6. The van der Waals surface area contributed by atoms with Crippen molar-refractivity contribution in [2.45, 2.75) is 51.6 Å². The molecule has 2 aliphatic rings. The summed E-state index contributed by atoms with van der Waals surface area (Å²) < 4.78 is 0. The lowest BCUT2D eigenvalue weighted by Gasteiger charge is -2.21. The third-order valence-corrected chi connectivity index (χ3v) is 9.19. The fraction of sp³-hybridized carbons (Fsp3) is 0.220. The molecule has 0 bridgehead atoms. The number of fused-ring (bicyclic) bond motifs is 2. The Kier molecular flexibility index (Phi) is 10.1. The van der Waals surface area contributed by atoms with E-state index in [0.29, 0.717) is 17.8 Å². The van der Waals surface area contributed by atoms with Crippen LogP contribution < -0.4 is 26.6 Å². The molecule has 0 aliphatic carbocycles. The van der Waals surface area contributed by atoms with Crippen LogP contribution in [0, 0.1) is 11.8 Å². The van der Waals surface area contributed by atoms with Gasteiger partial charge in [-0.3, -0.25) is 39.3 Å². The number of amides is 5. The molecule has 0 radical (unpaired) electrons. The van der Waals surface area contributed by atoms with Gasteiger partial charge >= 0.3 is 0 Å². The molecule has 3 aromatic heterocycles. The minimum absolute atomic E-state index is 0.0103. The fourth-order valence-corrected chi connectivity index (χ4v) is 6.44. The van der Waals surface area contributed by atoms with Gasteiger partial charge in [0, 0.05) is 47.8 Å². The summed E-state index contributed by atoms with van der Waals surface area (Å²) in [5, 5.41) is 16.1. The first-order valence-corrected chi connectivity index (χ1v) is 17.6. The molecular weight excluding hydrogens is 685 g/mol. The first-order chi connectivity index (χ1) is 26.1. The summed E-state index contributed by atoms with van der Waals surface area (Å²) in [7, 11) is 0. The number of benzene rings is 2. The number of piperidine rings is 1. The predicted octanol–water partition coefficient (Wildman–Crippen LogP) is 4.38. The number of pyridine rings is 3. The Hall–Kier alpha value is -6.94. The Morgan fingerprint density at radius 2 is 1.74 bits per heavy atom. The largest absolute Gasteiger partial charge is 0.380 e. The highest BCUT2D eigenvalue weighted by Crippen LogP contribution is 2.41. The van der Waals surface area contributed by atoms with Gasteiger partial charge in [-0.15, -0.1) is 0 Å². The standard InChI is InChI=1S/C41H36N8O5/c1-3-24-18-29(38-35(19-24)47-37(51)17-23(2)45-38)28-10-4-7-25-20-34(44-22-30(25)28)26-12-13-31(43-21-26)39(52)42-16-6-9-27-8-5-11-32(46-27)40(53)48-33-14-15-36(50)49-41(33)54/h4-5,7-8,10-13,18-23,33,45H,3,14-17H2,1-2H3,(H,42,52)(H,47,51)(H,48,53)(H,49,50,54)/t23-,33?/m1/s1. The van der Waals surface area contributed by atoms with Crippen LogP contribution in [-0.4, -0.2) is 63.1 Å². The monoisotopic (exact) mass is 720 g/mol. The molecule has 2 atom stereocenters. The molecule has 1 fully saturated rings. The van der Waals surface area contributed by atoms with Crippen molar-refractivity contribution in [1.82, 2.24) is 30.9 Å². The molecule has 2 aliphatic heterocycles. The van der Waals surface area contributed by atoms with E-state index in [2.05, 4.69) is 67.4 Å². The average Bonchev–Trinajstić information content (AvgIpc) is 3.32. The number of nitrogens with zero attached hydrogens (tertiary/aromatic N) is 3. The van der Waals surface area contributed by atoms with Gasteiger partial charge in [0.1, 0.15) is 23.1 Å². The quantitative estimate of drug-likeness (QED) is 0.120. The van der Waals surface area contributed by atoms with Crippen molar-refractivity contribution in [2.24, 2.45) is 0 Å². The second-order valence-corrected chi connectivity index (χ2v) is 13.1. The topological polar surface area (TPSA) is 184 Å². The van der Waals surface area contributed by atoms with E-state index < -0.39 is 23.8 Å². The van der Waals surface area contributed by atoms with Gasteiger partial charge in [0.2, 0.25) is 17.7 Å². The van der Waals surface area contributed by atoms with Crippen LogP contribution in [0.1, 0.15) is 65.3 Å². The van der Waals surface area contributed by atoms with E-state index in [1.54, 1.807) is 30.5 Å². The molecule has 54 heavy (non-hydrogen) atoms. The molecule has 0 spiro atoms. The average molecular weight is 721 g/mol. The fourth-order valence-electron chi connectivity index (χ4n) is 6.44. The number of anilines is 2. The smallest absolute Gasteiger partial charge is 0.270 e. The molecule has 1 saturated heterocycles. The van der Waals surface area contributed by atoms with E-state index >= 15 is 0 Å². The second kappa shape index (κ2) is 15.3. The number of hydrogen-bond acceptors (Lipinski definition) is 9. The SMILES string of the molecule is CCc1cc2c(c(-c3cccc4cc(-c5ccc(C(=O)NCC#Cc6cccc(C(=O)NC7CCC(=O)NC7=O)n6)nc5)ncc34)c1)N[C@H](C)CC(=O)N2. The number of nitrogens with one attached hydrogen (secondary N) is 5. The summed E-state index contributed by atoms with van der Waals surface area (Å²) >= 11 is 0. The number of imide groups is 1. The number of carbonyl (C=O) groups excluding carboxylic acids is 5. The summed E-state index contributed by atoms with van der Waals surface area (Å²) in [5.74, 6) is 3.74. The predicted molar refractivity (Wildman–Crippen MR) is 203 cm³/mol. The summed E-state index contributed by atoms with van der Waals surface area (Å²) in [4.78, 5) is 74.7. The van der Waals surface area contributed by atoms with Crippen molar-refractivity contribution in [3.63, 3.8) is 0 Å². The normalized spacial score (nSPS) is 16.4. The Morgan fingerprint density at radius 3 is 2.54 bits per heavy atom. The van der Waals surface area contributed by atoms with Crippen molar-refractivity contribution in [3.8, 4) is 34.2 Å². The van der Waals surface area contributed by atoms with Crippen LogP contribution in [0.4, 0.5) is 11.4 Å². The molecule has 5 amide bonds. The van der Waals surface area contributed by atoms with Crippen LogP contribution in [0.15, 0.2) is 79.1 Å². The van der Waals surface area contributed by atoms with Gasteiger partial charge in [-0.1, -0.05) is 37.1 Å². The van der Waals surface area contributed by atoms with Crippen molar-refractivity contribution < 1.29 is 24.0 Å². The van der Waals surface area contributed by atoms with Gasteiger partial charge in [0.05, 0.1) is 23.6 Å². The van der Waals surface area contributed by atoms with E-state index in [9.17, 15) is 24.0 Å². The van der Waals surface area contributed by atoms with E-state index in [1.165, 1.54) is 6.07 Å².